The van der Waals surface area contributed by atoms with Crippen molar-refractivity contribution in [2.45, 2.75) is 38.3 Å². The maximum atomic E-state index is 13.8. The Labute approximate surface area is 131 Å². The summed E-state index contributed by atoms with van der Waals surface area (Å²) >= 11 is 0. The van der Waals surface area contributed by atoms with Crippen molar-refractivity contribution in [2.24, 2.45) is 5.73 Å². The zero-order chi connectivity index (χ0) is 14.5. The van der Waals surface area contributed by atoms with E-state index in [1.165, 1.54) is 6.07 Å². The Bertz CT molecular complexity index is 470. The van der Waals surface area contributed by atoms with Gasteiger partial charge in [-0.3, -0.25) is 4.79 Å². The van der Waals surface area contributed by atoms with Gasteiger partial charge in [-0.05, 0) is 31.9 Å². The first kappa shape index (κ1) is 17.7. The summed E-state index contributed by atoms with van der Waals surface area (Å²) in [6.45, 7) is 3.28. The van der Waals surface area contributed by atoms with Crippen LogP contribution >= 0.6 is 12.4 Å². The van der Waals surface area contributed by atoms with Crippen molar-refractivity contribution >= 4 is 24.0 Å². The molecule has 3 N–H and O–H groups in total. The first-order valence-electron chi connectivity index (χ1n) is 7.10. The molecule has 0 saturated carbocycles. The Morgan fingerprint density at radius 1 is 1.52 bits per heavy atom. The van der Waals surface area contributed by atoms with Crippen LogP contribution in [0.4, 0.5) is 10.1 Å². The second-order valence-electron chi connectivity index (χ2n) is 5.49. The van der Waals surface area contributed by atoms with Crippen molar-refractivity contribution in [3.63, 3.8) is 0 Å². The lowest BCUT2D eigenvalue weighted by molar-refractivity contribution is -0.122. The van der Waals surface area contributed by atoms with Gasteiger partial charge in [-0.25, -0.2) is 4.39 Å². The number of halogens is 2. The molecule has 0 spiro atoms. The highest BCUT2D eigenvalue weighted by Crippen LogP contribution is 2.22. The molecule has 0 aromatic heterocycles. The van der Waals surface area contributed by atoms with Crippen molar-refractivity contribution in [3.8, 4) is 0 Å². The molecule has 1 aromatic rings. The van der Waals surface area contributed by atoms with Crippen LogP contribution in [0, 0.1) is 5.82 Å². The molecule has 2 atom stereocenters. The molecule has 2 unspecified atom stereocenters. The van der Waals surface area contributed by atoms with Crippen LogP contribution in [-0.2, 0) is 4.79 Å². The Morgan fingerprint density at radius 3 is 2.90 bits per heavy atom. The van der Waals surface area contributed by atoms with Crippen LogP contribution in [0.15, 0.2) is 24.3 Å². The number of carbonyl (C=O) groups is 1. The van der Waals surface area contributed by atoms with Gasteiger partial charge in [-0.1, -0.05) is 12.1 Å². The Kier molecular flexibility index (Phi) is 6.92. The zero-order valence-electron chi connectivity index (χ0n) is 12.2. The van der Waals surface area contributed by atoms with Crippen LogP contribution in [0.25, 0.3) is 0 Å². The third-order valence-electron chi connectivity index (χ3n) is 3.49. The number of amides is 1. The number of nitrogens with two attached hydrogens (primary N) is 1. The third kappa shape index (κ3) is 5.17. The number of carbonyl (C=O) groups excluding carboxylic acids is 1. The molecule has 118 valence electrons. The van der Waals surface area contributed by atoms with Gasteiger partial charge in [-0.2, -0.15) is 0 Å². The van der Waals surface area contributed by atoms with Crippen LogP contribution in [0.2, 0.25) is 0 Å². The van der Waals surface area contributed by atoms with E-state index in [9.17, 15) is 9.18 Å². The van der Waals surface area contributed by atoms with Gasteiger partial charge in [-0.15, -0.1) is 12.4 Å². The van der Waals surface area contributed by atoms with Crippen molar-refractivity contribution in [3.05, 3.63) is 30.1 Å². The van der Waals surface area contributed by atoms with Crippen molar-refractivity contribution < 1.29 is 9.18 Å². The van der Waals surface area contributed by atoms with Crippen LogP contribution < -0.4 is 16.0 Å². The van der Waals surface area contributed by atoms with Crippen molar-refractivity contribution in [2.75, 3.05) is 18.0 Å². The lowest BCUT2D eigenvalue weighted by Crippen LogP contribution is -2.48. The van der Waals surface area contributed by atoms with Gasteiger partial charge in [0.1, 0.15) is 5.82 Å². The van der Waals surface area contributed by atoms with Gasteiger partial charge in [0.15, 0.2) is 0 Å². The molecule has 1 fully saturated rings. The highest BCUT2D eigenvalue weighted by molar-refractivity contribution is 5.85. The van der Waals surface area contributed by atoms with E-state index in [2.05, 4.69) is 5.32 Å². The summed E-state index contributed by atoms with van der Waals surface area (Å²) in [6, 6.07) is 6.69. The van der Waals surface area contributed by atoms with E-state index < -0.39 is 0 Å². The van der Waals surface area contributed by atoms with Crippen LogP contribution in [-0.4, -0.2) is 31.1 Å². The molecule has 6 heteroatoms. The van der Waals surface area contributed by atoms with Crippen molar-refractivity contribution in [1.82, 2.24) is 5.32 Å². The first-order chi connectivity index (χ1) is 9.56. The number of nitrogens with zero attached hydrogens (tertiary/aromatic N) is 1. The smallest absolute Gasteiger partial charge is 0.221 e. The molecule has 1 amide bonds. The van der Waals surface area contributed by atoms with Crippen LogP contribution in [0.1, 0.15) is 26.2 Å². The van der Waals surface area contributed by atoms with Crippen molar-refractivity contribution in [1.29, 1.82) is 0 Å². The van der Waals surface area contributed by atoms with E-state index in [0.29, 0.717) is 18.7 Å². The molecule has 0 aliphatic carbocycles. The van der Waals surface area contributed by atoms with Gasteiger partial charge >= 0.3 is 0 Å². The number of rotatable bonds is 4. The summed E-state index contributed by atoms with van der Waals surface area (Å²) in [5.74, 6) is -0.240. The third-order valence-corrected chi connectivity index (χ3v) is 3.49. The van der Waals surface area contributed by atoms with Crippen LogP contribution in [0.3, 0.4) is 0 Å². The number of hydrogen-bond acceptors (Lipinski definition) is 3. The minimum atomic E-state index is -0.213. The molecular weight excluding hydrogens is 293 g/mol. The molecule has 2 rings (SSSR count). The Hall–Kier alpha value is -1.33. The molecular formula is C15H23ClFN3O. The number of para-hydroxylation sites is 1. The summed E-state index contributed by atoms with van der Waals surface area (Å²) < 4.78 is 13.8. The molecule has 4 nitrogen and oxygen atoms in total. The minimum absolute atomic E-state index is 0. The summed E-state index contributed by atoms with van der Waals surface area (Å²) in [7, 11) is 0. The lowest BCUT2D eigenvalue weighted by atomic mass is 10.0. The summed E-state index contributed by atoms with van der Waals surface area (Å²) in [5.41, 5.74) is 6.23. The van der Waals surface area contributed by atoms with Crippen LogP contribution in [0.5, 0.6) is 0 Å². The summed E-state index contributed by atoms with van der Waals surface area (Å²) in [5, 5.41) is 2.99. The van der Waals surface area contributed by atoms with Gasteiger partial charge in [0.2, 0.25) is 5.91 Å². The molecule has 0 radical (unpaired) electrons. The highest BCUT2D eigenvalue weighted by atomic mass is 35.5. The maximum Gasteiger partial charge on any atom is 0.221 e. The molecule has 1 aliphatic heterocycles. The SMILES string of the molecule is CC(N)CC(=O)NC1CCCN(c2ccccc2F)C1.Cl. The number of benzene rings is 1. The second-order valence-corrected chi connectivity index (χ2v) is 5.49. The highest BCUT2D eigenvalue weighted by Gasteiger charge is 2.23. The number of piperidine rings is 1. The average Bonchev–Trinajstić information content (AvgIpc) is 2.38. The average molecular weight is 316 g/mol. The van der Waals surface area contributed by atoms with E-state index in [-0.39, 0.29) is 36.2 Å². The fourth-order valence-electron chi connectivity index (χ4n) is 2.60. The standard InChI is InChI=1S/C15H22FN3O.ClH/c1-11(17)9-15(20)18-12-5-4-8-19(10-12)14-7-3-2-6-13(14)16;/h2-3,6-7,11-12H,4-5,8-10,17H2,1H3,(H,18,20);1H. The second kappa shape index (κ2) is 8.20. The van der Waals surface area contributed by atoms with Gasteiger partial charge in [0.05, 0.1) is 5.69 Å². The first-order valence-corrected chi connectivity index (χ1v) is 7.10. The molecule has 21 heavy (non-hydrogen) atoms. The quantitative estimate of drug-likeness (QED) is 0.894. The lowest BCUT2D eigenvalue weighted by Gasteiger charge is -2.35. The van der Waals surface area contributed by atoms with Gasteiger partial charge in [0.25, 0.3) is 0 Å². The van der Waals surface area contributed by atoms with E-state index in [4.69, 9.17) is 5.73 Å². The van der Waals surface area contributed by atoms with E-state index >= 15 is 0 Å². The molecule has 1 heterocycles. The summed E-state index contributed by atoms with van der Waals surface area (Å²) in [4.78, 5) is 13.7. The predicted octanol–water partition coefficient (Wildman–Crippen LogP) is 2.07. The fraction of sp³-hybridized carbons (Fsp3) is 0.533. The maximum absolute atomic E-state index is 13.8. The Balaban J connectivity index is 0.00000220. The predicted molar refractivity (Wildman–Crippen MR) is 85.3 cm³/mol. The number of hydrogen-bond donors (Lipinski definition) is 2. The minimum Gasteiger partial charge on any atom is -0.367 e. The van der Waals surface area contributed by atoms with Gasteiger partial charge < -0.3 is 16.0 Å². The monoisotopic (exact) mass is 315 g/mol. The van der Waals surface area contributed by atoms with Gasteiger partial charge in [0, 0.05) is 31.6 Å². The van der Waals surface area contributed by atoms with E-state index in [1.54, 1.807) is 12.1 Å². The molecule has 1 saturated heterocycles. The largest absolute Gasteiger partial charge is 0.367 e. The topological polar surface area (TPSA) is 58.4 Å². The molecule has 1 aromatic carbocycles. The Morgan fingerprint density at radius 2 is 2.24 bits per heavy atom. The summed E-state index contributed by atoms with van der Waals surface area (Å²) in [6.07, 6.45) is 2.20. The molecule has 1 aliphatic rings. The number of nitrogens with one attached hydrogen (secondary N) is 1. The van der Waals surface area contributed by atoms with E-state index in [1.807, 2.05) is 17.9 Å². The number of anilines is 1. The normalized spacial score (nSPS) is 19.6. The zero-order valence-corrected chi connectivity index (χ0v) is 13.0. The molecule has 0 bridgehead atoms. The fourth-order valence-corrected chi connectivity index (χ4v) is 2.60. The van der Waals surface area contributed by atoms with E-state index in [0.717, 1.165) is 19.4 Å².